The minimum Gasteiger partial charge on any atom is -0.490 e. The van der Waals surface area contributed by atoms with E-state index in [9.17, 15) is 4.79 Å². The maximum absolute atomic E-state index is 12.4. The topological polar surface area (TPSA) is 56.8 Å². The molecule has 0 heterocycles. The number of hydrogen-bond donors (Lipinski definition) is 1. The largest absolute Gasteiger partial charge is 0.490 e. The van der Waals surface area contributed by atoms with Gasteiger partial charge in [0, 0.05) is 6.54 Å². The number of rotatable bonds is 9. The van der Waals surface area contributed by atoms with E-state index in [1.807, 2.05) is 58.0 Å². The first-order valence-corrected chi connectivity index (χ1v) is 9.34. The van der Waals surface area contributed by atoms with Gasteiger partial charge in [0.25, 0.3) is 5.91 Å². The van der Waals surface area contributed by atoms with Gasteiger partial charge in [0.1, 0.15) is 5.75 Å². The Hall–Kier alpha value is -2.69. The van der Waals surface area contributed by atoms with Gasteiger partial charge in [-0.1, -0.05) is 12.1 Å². The fourth-order valence-electron chi connectivity index (χ4n) is 2.80. The first kappa shape index (κ1) is 20.6. The summed E-state index contributed by atoms with van der Waals surface area (Å²) in [6.07, 6.45) is -0.583. The molecule has 2 aromatic carbocycles. The van der Waals surface area contributed by atoms with Crippen LogP contribution in [-0.4, -0.2) is 25.2 Å². The highest BCUT2D eigenvalue weighted by Crippen LogP contribution is 2.28. The maximum atomic E-state index is 12.4. The van der Waals surface area contributed by atoms with Crippen LogP contribution in [0.25, 0.3) is 0 Å². The van der Waals surface area contributed by atoms with Gasteiger partial charge in [-0.3, -0.25) is 4.79 Å². The van der Waals surface area contributed by atoms with Crippen LogP contribution in [0.3, 0.4) is 0 Å². The Morgan fingerprint density at radius 1 is 0.963 bits per heavy atom. The fraction of sp³-hybridized carbons (Fsp3) is 0.409. The van der Waals surface area contributed by atoms with Gasteiger partial charge in [0.2, 0.25) is 0 Å². The Bertz CT molecular complexity index is 753. The summed E-state index contributed by atoms with van der Waals surface area (Å²) < 4.78 is 17.0. The molecule has 1 atom stereocenters. The van der Waals surface area contributed by atoms with Crippen LogP contribution in [0.15, 0.2) is 36.4 Å². The quantitative estimate of drug-likeness (QED) is 0.718. The number of carbonyl (C=O) groups excluding carboxylic acids is 1. The lowest BCUT2D eigenvalue weighted by atomic mass is 10.1. The second-order valence-corrected chi connectivity index (χ2v) is 6.45. The van der Waals surface area contributed by atoms with Gasteiger partial charge in [0.15, 0.2) is 17.6 Å². The molecule has 5 heteroatoms. The van der Waals surface area contributed by atoms with Gasteiger partial charge >= 0.3 is 0 Å². The number of hydrogen-bond acceptors (Lipinski definition) is 4. The Morgan fingerprint density at radius 3 is 2.22 bits per heavy atom. The number of amides is 1. The molecule has 0 aliphatic rings. The molecular weight excluding hydrogens is 342 g/mol. The van der Waals surface area contributed by atoms with Crippen molar-refractivity contribution in [2.45, 2.75) is 47.3 Å². The monoisotopic (exact) mass is 371 g/mol. The van der Waals surface area contributed by atoms with Gasteiger partial charge in [-0.25, -0.2) is 0 Å². The molecule has 0 radical (unpaired) electrons. The Kier molecular flexibility index (Phi) is 7.53. The summed E-state index contributed by atoms with van der Waals surface area (Å²) in [5.74, 6) is 1.93. The Balaban J connectivity index is 1.96. The van der Waals surface area contributed by atoms with Gasteiger partial charge in [0.05, 0.1) is 13.2 Å². The highest BCUT2D eigenvalue weighted by atomic mass is 16.5. The van der Waals surface area contributed by atoms with E-state index in [4.69, 9.17) is 14.2 Å². The third-order valence-corrected chi connectivity index (χ3v) is 3.95. The lowest BCUT2D eigenvalue weighted by Crippen LogP contribution is -2.35. The average molecular weight is 371 g/mol. The zero-order chi connectivity index (χ0) is 19.8. The molecule has 2 aromatic rings. The lowest BCUT2D eigenvalue weighted by molar-refractivity contribution is -0.127. The maximum Gasteiger partial charge on any atom is 0.261 e. The van der Waals surface area contributed by atoms with Crippen LogP contribution in [0.5, 0.6) is 17.2 Å². The number of nitrogens with one attached hydrogen (secondary N) is 1. The van der Waals surface area contributed by atoms with Crippen molar-refractivity contribution in [3.8, 4) is 17.2 Å². The molecule has 0 aromatic heterocycles. The van der Waals surface area contributed by atoms with E-state index >= 15 is 0 Å². The summed E-state index contributed by atoms with van der Waals surface area (Å²) in [4.78, 5) is 12.4. The van der Waals surface area contributed by atoms with Crippen molar-refractivity contribution >= 4 is 5.91 Å². The molecule has 5 nitrogen and oxygen atoms in total. The molecule has 0 saturated carbocycles. The summed E-state index contributed by atoms with van der Waals surface area (Å²) in [7, 11) is 0. The summed E-state index contributed by atoms with van der Waals surface area (Å²) in [6.45, 7) is 11.1. The predicted molar refractivity (Wildman–Crippen MR) is 107 cm³/mol. The average Bonchev–Trinajstić information content (AvgIpc) is 2.61. The van der Waals surface area contributed by atoms with Gasteiger partial charge in [-0.05, 0) is 75.6 Å². The molecule has 2 rings (SSSR count). The molecule has 0 unspecified atom stereocenters. The Labute approximate surface area is 161 Å². The summed E-state index contributed by atoms with van der Waals surface area (Å²) in [6, 6.07) is 11.6. The SMILES string of the molecule is CCOc1ccc(CNC(=O)[C@H](C)Oc2cc(C)cc(C)c2)cc1OCC. The normalized spacial score (nSPS) is 11.6. The van der Waals surface area contributed by atoms with Crippen LogP contribution in [0.1, 0.15) is 37.5 Å². The molecule has 0 bridgehead atoms. The van der Waals surface area contributed by atoms with E-state index in [1.54, 1.807) is 6.92 Å². The van der Waals surface area contributed by atoms with E-state index in [0.717, 1.165) is 16.7 Å². The van der Waals surface area contributed by atoms with E-state index in [-0.39, 0.29) is 5.91 Å². The molecule has 1 amide bonds. The zero-order valence-electron chi connectivity index (χ0n) is 16.8. The highest BCUT2D eigenvalue weighted by Gasteiger charge is 2.15. The fourth-order valence-corrected chi connectivity index (χ4v) is 2.80. The minimum absolute atomic E-state index is 0.166. The molecule has 0 fully saturated rings. The summed E-state index contributed by atoms with van der Waals surface area (Å²) >= 11 is 0. The molecule has 1 N–H and O–H groups in total. The van der Waals surface area contributed by atoms with Crippen molar-refractivity contribution < 1.29 is 19.0 Å². The van der Waals surface area contributed by atoms with E-state index in [1.165, 1.54) is 0 Å². The zero-order valence-corrected chi connectivity index (χ0v) is 16.8. The standard InChI is InChI=1S/C22H29NO4/c1-6-25-20-9-8-18(13-21(20)26-7-2)14-23-22(24)17(5)27-19-11-15(3)10-16(4)12-19/h8-13,17H,6-7,14H2,1-5H3,(H,23,24)/t17-/m0/s1. The van der Waals surface area contributed by atoms with Crippen LogP contribution >= 0.6 is 0 Å². The molecular formula is C22H29NO4. The van der Waals surface area contributed by atoms with Crippen molar-refractivity contribution in [1.82, 2.24) is 5.32 Å². The van der Waals surface area contributed by atoms with Crippen LogP contribution in [-0.2, 0) is 11.3 Å². The van der Waals surface area contributed by atoms with Gasteiger partial charge < -0.3 is 19.5 Å². The number of ether oxygens (including phenoxy) is 3. The molecule has 0 aliphatic carbocycles. The van der Waals surface area contributed by atoms with Crippen molar-refractivity contribution in [3.63, 3.8) is 0 Å². The predicted octanol–water partition coefficient (Wildman–Crippen LogP) is 4.18. The lowest BCUT2D eigenvalue weighted by Gasteiger charge is -2.16. The third-order valence-electron chi connectivity index (χ3n) is 3.95. The second kappa shape index (κ2) is 9.86. The molecule has 0 aliphatic heterocycles. The van der Waals surface area contributed by atoms with E-state index in [2.05, 4.69) is 11.4 Å². The molecule has 27 heavy (non-hydrogen) atoms. The van der Waals surface area contributed by atoms with Crippen molar-refractivity contribution in [2.75, 3.05) is 13.2 Å². The van der Waals surface area contributed by atoms with Crippen LogP contribution in [0.4, 0.5) is 0 Å². The first-order valence-electron chi connectivity index (χ1n) is 9.34. The van der Waals surface area contributed by atoms with Crippen molar-refractivity contribution in [3.05, 3.63) is 53.1 Å². The van der Waals surface area contributed by atoms with Crippen molar-refractivity contribution in [1.29, 1.82) is 0 Å². The smallest absolute Gasteiger partial charge is 0.261 e. The number of carbonyl (C=O) groups is 1. The highest BCUT2D eigenvalue weighted by molar-refractivity contribution is 5.80. The van der Waals surface area contributed by atoms with Gasteiger partial charge in [-0.15, -0.1) is 0 Å². The second-order valence-electron chi connectivity index (χ2n) is 6.45. The van der Waals surface area contributed by atoms with Crippen LogP contribution < -0.4 is 19.5 Å². The third kappa shape index (κ3) is 6.20. The molecule has 0 spiro atoms. The van der Waals surface area contributed by atoms with Crippen LogP contribution in [0.2, 0.25) is 0 Å². The van der Waals surface area contributed by atoms with E-state index in [0.29, 0.717) is 37.0 Å². The van der Waals surface area contributed by atoms with Gasteiger partial charge in [-0.2, -0.15) is 0 Å². The molecule has 146 valence electrons. The molecule has 0 saturated heterocycles. The van der Waals surface area contributed by atoms with Crippen LogP contribution in [0, 0.1) is 13.8 Å². The van der Waals surface area contributed by atoms with E-state index < -0.39 is 6.10 Å². The number of benzene rings is 2. The first-order chi connectivity index (χ1) is 12.9. The number of aryl methyl sites for hydroxylation is 2. The van der Waals surface area contributed by atoms with Crippen molar-refractivity contribution in [2.24, 2.45) is 0 Å². The minimum atomic E-state index is -0.583. The summed E-state index contributed by atoms with van der Waals surface area (Å²) in [5.41, 5.74) is 3.15. The Morgan fingerprint density at radius 2 is 1.59 bits per heavy atom. The summed E-state index contributed by atoms with van der Waals surface area (Å²) in [5, 5.41) is 2.91.